The van der Waals surface area contributed by atoms with E-state index in [9.17, 15) is 0 Å². The second kappa shape index (κ2) is 43.4. The Kier molecular flexibility index (Phi) is 35.3. The van der Waals surface area contributed by atoms with Crippen LogP contribution in [-0.4, -0.2) is 86.1 Å². The first-order chi connectivity index (χ1) is 43.3. The van der Waals surface area contributed by atoms with Crippen molar-refractivity contribution >= 4 is 0 Å². The van der Waals surface area contributed by atoms with E-state index in [0.29, 0.717) is 0 Å². The van der Waals surface area contributed by atoms with Crippen molar-refractivity contribution < 1.29 is 0 Å². The van der Waals surface area contributed by atoms with Crippen molar-refractivity contribution in [2.24, 2.45) is 0 Å². The van der Waals surface area contributed by atoms with Crippen LogP contribution >= 0.6 is 0 Å². The second-order valence-corrected chi connectivity index (χ2v) is 32.8. The molecule has 8 fully saturated rings. The fraction of sp³-hybridized carbons (Fsp3) is 0.976. The van der Waals surface area contributed by atoms with Gasteiger partial charge in [-0.2, -0.15) is 0 Å². The Morgan fingerprint density at radius 2 is 0.322 bits per heavy atom. The maximum atomic E-state index is 3.51. The van der Waals surface area contributed by atoms with Crippen LogP contribution in [-0.2, 0) is 0 Å². The average Bonchev–Trinajstić information content (AvgIpc) is 4.10. The SMILES string of the molecule is C1=C(/N(C2CCCCCCCCC2)C2CCCCCCCC2)CCCC(N(C2CCCCC(N(C3CCCCCCCCC3)C3CCCCCCCC3)CCC2)C2CCCCC(N(C3CCCCCCCCC3)C3CCCCCCC3)CCC2)CCC/1. The Balaban J connectivity index is 0.970. The summed E-state index contributed by atoms with van der Waals surface area (Å²) in [5.41, 5.74) is 1.86. The fourth-order valence-corrected chi connectivity index (χ4v) is 21.6. The van der Waals surface area contributed by atoms with Gasteiger partial charge in [-0.3, -0.25) is 14.7 Å². The Bertz CT molecular complexity index is 1670. The summed E-state index contributed by atoms with van der Waals surface area (Å²) in [5, 5.41) is 0. The van der Waals surface area contributed by atoms with E-state index in [4.69, 9.17) is 0 Å². The number of hydrogen-bond donors (Lipinski definition) is 0. The van der Waals surface area contributed by atoms with Gasteiger partial charge < -0.3 is 4.90 Å². The van der Waals surface area contributed by atoms with Crippen molar-refractivity contribution in [3.63, 3.8) is 0 Å². The van der Waals surface area contributed by atoms with Crippen molar-refractivity contribution in [3.05, 3.63) is 11.8 Å². The lowest BCUT2D eigenvalue weighted by Gasteiger charge is -2.46. The smallest absolute Gasteiger partial charge is 0.0289 e. The van der Waals surface area contributed by atoms with Crippen LogP contribution in [0.25, 0.3) is 0 Å². The van der Waals surface area contributed by atoms with Crippen LogP contribution in [0.2, 0.25) is 0 Å². The molecule has 9 aliphatic rings. The molecule has 0 N–H and O–H groups in total. The Morgan fingerprint density at radius 1 is 0.161 bits per heavy atom. The minimum absolute atomic E-state index is 0.778. The molecule has 0 aromatic heterocycles. The van der Waals surface area contributed by atoms with Crippen LogP contribution in [0, 0.1) is 0 Å². The fourth-order valence-electron chi connectivity index (χ4n) is 21.6. The molecule has 9 aliphatic carbocycles. The molecular formula is C83H152N4. The van der Waals surface area contributed by atoms with Crippen LogP contribution in [0.5, 0.6) is 0 Å². The van der Waals surface area contributed by atoms with Gasteiger partial charge in [0.2, 0.25) is 0 Å². The van der Waals surface area contributed by atoms with Crippen molar-refractivity contribution in [3.8, 4) is 0 Å². The summed E-state index contributed by atoms with van der Waals surface area (Å²) in [5.74, 6) is 0. The van der Waals surface area contributed by atoms with E-state index in [2.05, 4.69) is 25.7 Å². The molecule has 0 amide bonds. The highest BCUT2D eigenvalue weighted by Gasteiger charge is 2.39. The molecule has 0 aliphatic heterocycles. The first kappa shape index (κ1) is 70.7. The lowest BCUT2D eigenvalue weighted by Crippen LogP contribution is -2.50. The number of allylic oxidation sites excluding steroid dienone is 2. The van der Waals surface area contributed by atoms with Gasteiger partial charge in [0.1, 0.15) is 0 Å². The quantitative estimate of drug-likeness (QED) is 0.193. The van der Waals surface area contributed by atoms with E-state index < -0.39 is 0 Å². The van der Waals surface area contributed by atoms with Gasteiger partial charge in [-0.15, -0.1) is 0 Å². The standard InChI is InChI=1S/C83H152N4/c1-4-15-27-48-72(49-28-16-5-1)84(75-54-33-21-10-11-22-34-55-75)78-60-39-42-63-81(69-45-66-78)87(83-65-44-41-62-80(68-47-71-83)86(77-58-37-25-14-26-38-59-77)74-52-31-19-8-3-9-20-32-53-74)82-64-43-40-61-79(67-46-70-82)85(76-56-35-23-12-13-24-36-57-76)73-50-29-17-6-2-7-18-30-51-73/h60,72-77,79-83H,1-59,61-71H2/b78-60+. The third kappa shape index (κ3) is 24.9. The summed E-state index contributed by atoms with van der Waals surface area (Å²) in [6.45, 7) is 0. The molecule has 4 nitrogen and oxygen atoms in total. The molecule has 9 rings (SSSR count). The van der Waals surface area contributed by atoms with E-state index in [1.807, 2.05) is 5.70 Å². The number of rotatable bonds is 12. The summed E-state index contributed by atoms with van der Waals surface area (Å²) in [7, 11) is 0. The zero-order valence-electron chi connectivity index (χ0n) is 58.7. The lowest BCUT2D eigenvalue weighted by atomic mass is 9.88. The van der Waals surface area contributed by atoms with Gasteiger partial charge in [0, 0.05) is 72.2 Å². The monoisotopic (exact) mass is 1210 g/mol. The molecule has 0 bridgehead atoms. The summed E-state index contributed by atoms with van der Waals surface area (Å²) < 4.78 is 0. The van der Waals surface area contributed by atoms with Crippen LogP contribution in [0.4, 0.5) is 0 Å². The van der Waals surface area contributed by atoms with Crippen molar-refractivity contribution in [1.82, 2.24) is 19.6 Å². The highest BCUT2D eigenvalue weighted by molar-refractivity contribution is 5.08. The molecule has 4 heteroatoms. The summed E-state index contributed by atoms with van der Waals surface area (Å²) in [6.07, 6.45) is 107. The zero-order valence-corrected chi connectivity index (χ0v) is 58.7. The molecule has 0 radical (unpaired) electrons. The van der Waals surface area contributed by atoms with Gasteiger partial charge in [0.25, 0.3) is 0 Å². The first-order valence-electron chi connectivity index (χ1n) is 42.1. The molecule has 5 atom stereocenters. The average molecular weight is 1210 g/mol. The van der Waals surface area contributed by atoms with Gasteiger partial charge >= 0.3 is 0 Å². The highest BCUT2D eigenvalue weighted by Crippen LogP contribution is 2.41. The van der Waals surface area contributed by atoms with Crippen LogP contribution in [0.1, 0.15) is 449 Å². The minimum atomic E-state index is 0.778. The normalized spacial score (nSPS) is 31.6. The number of hydrogen-bond acceptors (Lipinski definition) is 4. The maximum Gasteiger partial charge on any atom is 0.0289 e. The van der Waals surface area contributed by atoms with E-state index >= 15 is 0 Å². The van der Waals surface area contributed by atoms with Gasteiger partial charge in [0.15, 0.2) is 0 Å². The Morgan fingerprint density at radius 3 is 0.552 bits per heavy atom. The third-order valence-electron chi connectivity index (χ3n) is 26.3. The van der Waals surface area contributed by atoms with Crippen molar-refractivity contribution in [2.45, 2.75) is 516 Å². The van der Waals surface area contributed by atoms with Crippen LogP contribution in [0.3, 0.4) is 0 Å². The molecule has 0 saturated heterocycles. The summed E-state index contributed by atoms with van der Waals surface area (Å²) >= 11 is 0. The van der Waals surface area contributed by atoms with Gasteiger partial charge in [-0.25, -0.2) is 0 Å². The molecule has 87 heavy (non-hydrogen) atoms. The topological polar surface area (TPSA) is 13.0 Å². The second-order valence-electron chi connectivity index (χ2n) is 32.8. The predicted octanol–water partition coefficient (Wildman–Crippen LogP) is 25.6. The summed E-state index contributed by atoms with van der Waals surface area (Å²) in [6, 6.07) is 9.03. The van der Waals surface area contributed by atoms with Crippen molar-refractivity contribution in [1.29, 1.82) is 0 Å². The first-order valence-corrected chi connectivity index (χ1v) is 42.1. The third-order valence-corrected chi connectivity index (χ3v) is 26.3. The molecule has 0 spiro atoms. The molecule has 0 heterocycles. The van der Waals surface area contributed by atoms with E-state index in [1.54, 1.807) is 0 Å². The molecule has 8 saturated carbocycles. The Hall–Kier alpha value is -0.580. The largest absolute Gasteiger partial charge is 0.369 e. The van der Waals surface area contributed by atoms with Crippen LogP contribution in [0.15, 0.2) is 11.8 Å². The minimum Gasteiger partial charge on any atom is -0.369 e. The van der Waals surface area contributed by atoms with Crippen molar-refractivity contribution in [2.75, 3.05) is 0 Å². The zero-order chi connectivity index (χ0) is 59.4. The molecule has 504 valence electrons. The molecule has 0 aromatic rings. The molecular weight excluding hydrogens is 1050 g/mol. The molecule has 5 unspecified atom stereocenters. The highest BCUT2D eigenvalue weighted by atomic mass is 15.2. The summed E-state index contributed by atoms with van der Waals surface area (Å²) in [4.78, 5) is 13.6. The van der Waals surface area contributed by atoms with E-state index in [1.165, 1.54) is 449 Å². The lowest BCUT2D eigenvalue weighted by molar-refractivity contribution is 0.0332. The van der Waals surface area contributed by atoms with Crippen LogP contribution < -0.4 is 0 Å². The van der Waals surface area contributed by atoms with E-state index in [-0.39, 0.29) is 0 Å². The Labute approximate surface area is 544 Å². The molecule has 0 aromatic carbocycles. The van der Waals surface area contributed by atoms with Gasteiger partial charge in [-0.05, 0) is 167 Å². The maximum absolute atomic E-state index is 3.51. The number of nitrogens with zero attached hydrogens (tertiary/aromatic N) is 4. The predicted molar refractivity (Wildman–Crippen MR) is 380 cm³/mol. The van der Waals surface area contributed by atoms with Gasteiger partial charge in [0.05, 0.1) is 0 Å². The van der Waals surface area contributed by atoms with E-state index in [0.717, 1.165) is 66.5 Å². The van der Waals surface area contributed by atoms with Gasteiger partial charge in [-0.1, -0.05) is 289 Å².